The number of anilines is 1. The molecule has 0 amide bonds. The molecule has 2 rings (SSSR count). The Morgan fingerprint density at radius 3 is 2.73 bits per heavy atom. The van der Waals surface area contributed by atoms with Gasteiger partial charge < -0.3 is 14.7 Å². The molecule has 0 unspecified atom stereocenters. The molecule has 0 aromatic heterocycles. The third-order valence-corrected chi connectivity index (χ3v) is 2.58. The molecule has 0 aliphatic carbocycles. The third-order valence-electron chi connectivity index (χ3n) is 2.58. The smallest absolute Gasteiger partial charge is 0.128 e. The quantitative estimate of drug-likeness (QED) is 0.796. The molecular weight excluding hydrogens is 197 g/mol. The summed E-state index contributed by atoms with van der Waals surface area (Å²) in [5.41, 5.74) is 1.29. The van der Waals surface area contributed by atoms with Gasteiger partial charge in [0.15, 0.2) is 0 Å². The van der Waals surface area contributed by atoms with E-state index in [4.69, 9.17) is 9.84 Å². The van der Waals surface area contributed by atoms with Crippen LogP contribution in [-0.2, 0) is 11.3 Å². The maximum Gasteiger partial charge on any atom is 0.128 e. The van der Waals surface area contributed by atoms with Gasteiger partial charge in [-0.2, -0.15) is 0 Å². The summed E-state index contributed by atoms with van der Waals surface area (Å²) in [5.74, 6) is -0.352. The van der Waals surface area contributed by atoms with Gasteiger partial charge in [0.25, 0.3) is 0 Å². The van der Waals surface area contributed by atoms with Gasteiger partial charge in [-0.05, 0) is 18.2 Å². The number of halogens is 1. The van der Waals surface area contributed by atoms with Crippen molar-refractivity contribution in [2.24, 2.45) is 0 Å². The van der Waals surface area contributed by atoms with Crippen molar-refractivity contribution < 1.29 is 14.2 Å². The topological polar surface area (TPSA) is 32.7 Å². The summed E-state index contributed by atoms with van der Waals surface area (Å²) < 4.78 is 18.4. The highest BCUT2D eigenvalue weighted by Crippen LogP contribution is 2.19. The van der Waals surface area contributed by atoms with Crippen LogP contribution in [-0.4, -0.2) is 31.4 Å². The van der Waals surface area contributed by atoms with E-state index >= 15 is 0 Å². The second-order valence-corrected chi connectivity index (χ2v) is 3.53. The van der Waals surface area contributed by atoms with E-state index in [1.54, 1.807) is 12.1 Å². The zero-order valence-electron chi connectivity index (χ0n) is 8.45. The number of hydrogen-bond donors (Lipinski definition) is 1. The predicted molar refractivity (Wildman–Crippen MR) is 55.4 cm³/mol. The third kappa shape index (κ3) is 2.27. The van der Waals surface area contributed by atoms with Crippen molar-refractivity contribution in [3.8, 4) is 0 Å². The van der Waals surface area contributed by atoms with Crippen LogP contribution in [0.3, 0.4) is 0 Å². The van der Waals surface area contributed by atoms with Crippen LogP contribution in [0.1, 0.15) is 5.56 Å². The van der Waals surface area contributed by atoms with Crippen molar-refractivity contribution in [1.82, 2.24) is 0 Å². The Balaban J connectivity index is 2.20. The van der Waals surface area contributed by atoms with Gasteiger partial charge in [0, 0.05) is 24.3 Å². The van der Waals surface area contributed by atoms with Crippen molar-refractivity contribution >= 4 is 5.69 Å². The lowest BCUT2D eigenvalue weighted by Crippen LogP contribution is -2.36. The van der Waals surface area contributed by atoms with Gasteiger partial charge in [-0.15, -0.1) is 0 Å². The molecule has 4 heteroatoms. The summed E-state index contributed by atoms with van der Waals surface area (Å²) in [5, 5.41) is 8.96. The first-order valence-electron chi connectivity index (χ1n) is 5.03. The number of morpholine rings is 1. The number of hydrogen-bond acceptors (Lipinski definition) is 3. The molecule has 1 saturated heterocycles. The molecule has 0 atom stereocenters. The predicted octanol–water partition coefficient (Wildman–Crippen LogP) is 1.15. The molecule has 1 fully saturated rings. The largest absolute Gasteiger partial charge is 0.392 e. The molecular formula is C11H14FNO2. The van der Waals surface area contributed by atoms with Crippen LogP contribution >= 0.6 is 0 Å². The molecule has 1 aliphatic rings. The Labute approximate surface area is 88.1 Å². The van der Waals surface area contributed by atoms with Crippen molar-refractivity contribution in [1.29, 1.82) is 0 Å². The molecule has 0 saturated carbocycles. The zero-order chi connectivity index (χ0) is 10.7. The SMILES string of the molecule is OCc1cc(N2CCOCC2)ccc1F. The molecule has 3 nitrogen and oxygen atoms in total. The fourth-order valence-corrected chi connectivity index (χ4v) is 1.70. The van der Waals surface area contributed by atoms with Crippen LogP contribution in [0.4, 0.5) is 10.1 Å². The normalized spacial score (nSPS) is 16.8. The highest BCUT2D eigenvalue weighted by molar-refractivity contribution is 5.49. The van der Waals surface area contributed by atoms with Gasteiger partial charge in [0.05, 0.1) is 19.8 Å². The molecule has 1 aromatic carbocycles. The molecule has 1 N–H and O–H groups in total. The maximum atomic E-state index is 13.1. The molecule has 0 radical (unpaired) electrons. The van der Waals surface area contributed by atoms with E-state index < -0.39 is 0 Å². The highest BCUT2D eigenvalue weighted by Gasteiger charge is 2.12. The number of nitrogens with zero attached hydrogens (tertiary/aromatic N) is 1. The first-order chi connectivity index (χ1) is 7.31. The summed E-state index contributed by atoms with van der Waals surface area (Å²) in [7, 11) is 0. The van der Waals surface area contributed by atoms with Crippen LogP contribution in [0.2, 0.25) is 0 Å². The van der Waals surface area contributed by atoms with Gasteiger partial charge in [-0.25, -0.2) is 4.39 Å². The van der Waals surface area contributed by atoms with Crippen LogP contribution in [0.5, 0.6) is 0 Å². The minimum absolute atomic E-state index is 0.260. The summed E-state index contributed by atoms with van der Waals surface area (Å²) in [6, 6.07) is 4.83. The second kappa shape index (κ2) is 4.59. The summed E-state index contributed by atoms with van der Waals surface area (Å²) >= 11 is 0. The number of aliphatic hydroxyl groups is 1. The van der Waals surface area contributed by atoms with E-state index in [-0.39, 0.29) is 12.4 Å². The lowest BCUT2D eigenvalue weighted by atomic mass is 10.2. The van der Waals surface area contributed by atoms with E-state index in [0.29, 0.717) is 18.8 Å². The zero-order valence-corrected chi connectivity index (χ0v) is 8.45. The van der Waals surface area contributed by atoms with Crippen molar-refractivity contribution in [2.75, 3.05) is 31.2 Å². The lowest BCUT2D eigenvalue weighted by Gasteiger charge is -2.29. The molecule has 1 aliphatic heterocycles. The van der Waals surface area contributed by atoms with Gasteiger partial charge in [0.2, 0.25) is 0 Å². The average molecular weight is 211 g/mol. The molecule has 15 heavy (non-hydrogen) atoms. The van der Waals surface area contributed by atoms with Crippen LogP contribution in [0.15, 0.2) is 18.2 Å². The number of ether oxygens (including phenoxy) is 1. The summed E-state index contributed by atoms with van der Waals surface area (Å²) in [4.78, 5) is 2.13. The van der Waals surface area contributed by atoms with E-state index in [1.165, 1.54) is 6.07 Å². The highest BCUT2D eigenvalue weighted by atomic mass is 19.1. The van der Waals surface area contributed by atoms with Crippen LogP contribution < -0.4 is 4.90 Å². The van der Waals surface area contributed by atoms with Crippen LogP contribution in [0, 0.1) is 5.82 Å². The van der Waals surface area contributed by atoms with E-state index in [9.17, 15) is 4.39 Å². The minimum atomic E-state index is -0.352. The van der Waals surface area contributed by atoms with Gasteiger partial charge >= 0.3 is 0 Å². The van der Waals surface area contributed by atoms with Crippen molar-refractivity contribution in [3.63, 3.8) is 0 Å². The molecule has 0 bridgehead atoms. The minimum Gasteiger partial charge on any atom is -0.392 e. The average Bonchev–Trinajstić information content (AvgIpc) is 2.31. The van der Waals surface area contributed by atoms with E-state index in [2.05, 4.69) is 4.90 Å². The first kappa shape index (κ1) is 10.4. The van der Waals surface area contributed by atoms with E-state index in [1.807, 2.05) is 0 Å². The number of aliphatic hydroxyl groups excluding tert-OH is 1. The monoisotopic (exact) mass is 211 g/mol. The van der Waals surface area contributed by atoms with Crippen LogP contribution in [0.25, 0.3) is 0 Å². The van der Waals surface area contributed by atoms with Crippen molar-refractivity contribution in [2.45, 2.75) is 6.61 Å². The first-order valence-corrected chi connectivity index (χ1v) is 5.03. The maximum absolute atomic E-state index is 13.1. The Hall–Kier alpha value is -1.13. The van der Waals surface area contributed by atoms with E-state index in [0.717, 1.165) is 18.8 Å². The molecule has 1 heterocycles. The number of rotatable bonds is 2. The Kier molecular flexibility index (Phi) is 3.18. The second-order valence-electron chi connectivity index (χ2n) is 3.53. The Morgan fingerprint density at radius 1 is 1.33 bits per heavy atom. The fourth-order valence-electron chi connectivity index (χ4n) is 1.70. The number of benzene rings is 1. The standard InChI is InChI=1S/C11H14FNO2/c12-11-2-1-10(7-9(11)8-14)13-3-5-15-6-4-13/h1-2,7,14H,3-6,8H2. The van der Waals surface area contributed by atoms with Crippen molar-refractivity contribution in [3.05, 3.63) is 29.6 Å². The Morgan fingerprint density at radius 2 is 2.07 bits per heavy atom. The van der Waals surface area contributed by atoms with Gasteiger partial charge in [0.1, 0.15) is 5.82 Å². The summed E-state index contributed by atoms with van der Waals surface area (Å²) in [6.07, 6.45) is 0. The molecule has 1 aromatic rings. The van der Waals surface area contributed by atoms with Gasteiger partial charge in [-0.3, -0.25) is 0 Å². The Bertz CT molecular complexity index is 337. The molecule has 0 spiro atoms. The lowest BCUT2D eigenvalue weighted by molar-refractivity contribution is 0.122. The fraction of sp³-hybridized carbons (Fsp3) is 0.455. The van der Waals surface area contributed by atoms with Gasteiger partial charge in [-0.1, -0.05) is 0 Å². The molecule has 82 valence electrons. The summed E-state index contributed by atoms with van der Waals surface area (Å²) in [6.45, 7) is 2.77.